The van der Waals surface area contributed by atoms with Crippen LogP contribution in [0, 0.1) is 6.07 Å². The summed E-state index contributed by atoms with van der Waals surface area (Å²) in [5.41, 5.74) is -0.629. The Morgan fingerprint density at radius 2 is 1.71 bits per heavy atom. The number of benzene rings is 2. The van der Waals surface area contributed by atoms with Crippen molar-refractivity contribution in [1.29, 1.82) is 0 Å². The zero-order chi connectivity index (χ0) is 10.2. The van der Waals surface area contributed by atoms with E-state index in [0.717, 1.165) is 6.07 Å². The number of halogens is 3. The molecule has 0 spiro atoms. The number of hydrogen-bond acceptors (Lipinski definition) is 0. The Hall–Kier alpha value is -1.51. The van der Waals surface area contributed by atoms with E-state index < -0.39 is 11.7 Å². The smallest absolute Gasteiger partial charge is 0.166 e. The second kappa shape index (κ2) is 3.01. The monoisotopic (exact) mass is 195 g/mol. The Kier molecular flexibility index (Phi) is 1.95. The van der Waals surface area contributed by atoms with E-state index in [2.05, 4.69) is 6.07 Å². The van der Waals surface area contributed by atoms with E-state index in [1.165, 1.54) is 12.1 Å². The van der Waals surface area contributed by atoms with Crippen LogP contribution in [0.2, 0.25) is 0 Å². The van der Waals surface area contributed by atoms with Crippen molar-refractivity contribution in [3.05, 3.63) is 48.0 Å². The predicted octanol–water partition coefficient (Wildman–Crippen LogP) is 3.66. The third-order valence-electron chi connectivity index (χ3n) is 2.00. The fourth-order valence-corrected chi connectivity index (χ4v) is 1.39. The van der Waals surface area contributed by atoms with Gasteiger partial charge in [-0.15, -0.1) is 0 Å². The maximum absolute atomic E-state index is 12.5. The van der Waals surface area contributed by atoms with Crippen LogP contribution < -0.4 is 0 Å². The molecule has 0 heterocycles. The molecule has 14 heavy (non-hydrogen) atoms. The van der Waals surface area contributed by atoms with Gasteiger partial charge in [-0.3, -0.25) is 0 Å². The van der Waals surface area contributed by atoms with Crippen LogP contribution in [-0.4, -0.2) is 0 Å². The number of rotatable bonds is 0. The summed E-state index contributed by atoms with van der Waals surface area (Å²) < 4.78 is 37.5. The molecule has 0 aromatic heterocycles. The molecular weight excluding hydrogens is 189 g/mol. The quantitative estimate of drug-likeness (QED) is 0.601. The van der Waals surface area contributed by atoms with E-state index in [4.69, 9.17) is 0 Å². The fraction of sp³-hybridized carbons (Fsp3) is 0.0909. The maximum Gasteiger partial charge on any atom is 0.417 e. The van der Waals surface area contributed by atoms with Gasteiger partial charge in [0.15, 0.2) is 0 Å². The first-order valence-corrected chi connectivity index (χ1v) is 4.05. The Morgan fingerprint density at radius 1 is 1.00 bits per heavy atom. The summed E-state index contributed by atoms with van der Waals surface area (Å²) in [5.74, 6) is 0. The molecule has 0 aliphatic carbocycles. The molecule has 0 N–H and O–H groups in total. The van der Waals surface area contributed by atoms with Crippen molar-refractivity contribution in [3.8, 4) is 0 Å². The van der Waals surface area contributed by atoms with Gasteiger partial charge in [0.25, 0.3) is 0 Å². The van der Waals surface area contributed by atoms with Crippen molar-refractivity contribution in [2.24, 2.45) is 0 Å². The summed E-state index contributed by atoms with van der Waals surface area (Å²) in [4.78, 5) is 0. The molecule has 1 radical (unpaired) electrons. The van der Waals surface area contributed by atoms with Gasteiger partial charge in [0.2, 0.25) is 0 Å². The zero-order valence-corrected chi connectivity index (χ0v) is 7.10. The first kappa shape index (κ1) is 9.06. The number of fused-ring (bicyclic) bond motifs is 1. The van der Waals surface area contributed by atoms with Crippen LogP contribution in [0.1, 0.15) is 5.56 Å². The van der Waals surface area contributed by atoms with Crippen molar-refractivity contribution in [2.45, 2.75) is 6.18 Å². The minimum absolute atomic E-state index is 0.127. The minimum Gasteiger partial charge on any atom is -0.166 e. The van der Waals surface area contributed by atoms with Gasteiger partial charge in [-0.1, -0.05) is 30.3 Å². The van der Waals surface area contributed by atoms with Crippen LogP contribution in [0.5, 0.6) is 0 Å². The molecule has 0 saturated heterocycles. The van der Waals surface area contributed by atoms with Gasteiger partial charge >= 0.3 is 6.18 Å². The van der Waals surface area contributed by atoms with E-state index in [-0.39, 0.29) is 5.39 Å². The van der Waals surface area contributed by atoms with Crippen molar-refractivity contribution in [3.63, 3.8) is 0 Å². The van der Waals surface area contributed by atoms with E-state index in [1.54, 1.807) is 18.2 Å². The molecule has 0 bridgehead atoms. The molecule has 0 saturated carbocycles. The lowest BCUT2D eigenvalue weighted by atomic mass is 10.0. The third-order valence-corrected chi connectivity index (χ3v) is 2.00. The van der Waals surface area contributed by atoms with E-state index in [9.17, 15) is 13.2 Å². The largest absolute Gasteiger partial charge is 0.417 e. The van der Waals surface area contributed by atoms with Crippen molar-refractivity contribution in [2.75, 3.05) is 0 Å². The Bertz CT molecular complexity index is 452. The number of alkyl halides is 3. The second-order valence-corrected chi connectivity index (χ2v) is 2.94. The summed E-state index contributed by atoms with van der Waals surface area (Å²) in [6.07, 6.45) is -4.31. The molecule has 3 heteroatoms. The summed E-state index contributed by atoms with van der Waals surface area (Å²) in [6, 6.07) is 11.5. The predicted molar refractivity (Wildman–Crippen MR) is 47.8 cm³/mol. The highest BCUT2D eigenvalue weighted by atomic mass is 19.4. The molecule has 71 valence electrons. The Morgan fingerprint density at radius 3 is 2.43 bits per heavy atom. The van der Waals surface area contributed by atoms with Gasteiger partial charge in [0, 0.05) is 5.39 Å². The average molecular weight is 195 g/mol. The van der Waals surface area contributed by atoms with Crippen LogP contribution in [0.3, 0.4) is 0 Å². The molecule has 0 atom stereocenters. The maximum atomic E-state index is 12.5. The van der Waals surface area contributed by atoms with E-state index >= 15 is 0 Å². The van der Waals surface area contributed by atoms with Crippen LogP contribution >= 0.6 is 0 Å². The molecule has 2 aromatic carbocycles. The standard InChI is InChI=1S/C11H6F3/c12-11(13,14)10-7-3-5-8-4-1-2-6-9(8)10/h1-5,7H. The van der Waals surface area contributed by atoms with Gasteiger partial charge in [-0.05, 0) is 17.5 Å². The van der Waals surface area contributed by atoms with Gasteiger partial charge < -0.3 is 0 Å². The van der Waals surface area contributed by atoms with Gasteiger partial charge in [-0.2, -0.15) is 13.2 Å². The van der Waals surface area contributed by atoms with Crippen molar-refractivity contribution in [1.82, 2.24) is 0 Å². The van der Waals surface area contributed by atoms with Crippen LogP contribution in [-0.2, 0) is 6.18 Å². The highest BCUT2D eigenvalue weighted by Gasteiger charge is 2.32. The van der Waals surface area contributed by atoms with Gasteiger partial charge in [-0.25, -0.2) is 0 Å². The molecule has 0 fully saturated rings. The molecule has 2 aromatic rings. The molecular formula is C11H6F3. The van der Waals surface area contributed by atoms with Crippen molar-refractivity contribution < 1.29 is 13.2 Å². The van der Waals surface area contributed by atoms with E-state index in [0.29, 0.717) is 5.39 Å². The van der Waals surface area contributed by atoms with Crippen LogP contribution in [0.4, 0.5) is 13.2 Å². The van der Waals surface area contributed by atoms with Gasteiger partial charge in [0.1, 0.15) is 0 Å². The van der Waals surface area contributed by atoms with Crippen molar-refractivity contribution >= 4 is 10.8 Å². The summed E-state index contributed by atoms with van der Waals surface area (Å²) >= 11 is 0. The molecule has 0 amide bonds. The average Bonchev–Trinajstić information content (AvgIpc) is 2.15. The first-order valence-electron chi connectivity index (χ1n) is 4.05. The van der Waals surface area contributed by atoms with Gasteiger partial charge in [0.05, 0.1) is 5.56 Å². The summed E-state index contributed by atoms with van der Waals surface area (Å²) in [7, 11) is 0. The molecule has 0 aliphatic rings. The number of hydrogen-bond donors (Lipinski definition) is 0. The highest BCUT2D eigenvalue weighted by Crippen LogP contribution is 2.34. The third kappa shape index (κ3) is 1.45. The zero-order valence-electron chi connectivity index (χ0n) is 7.10. The lowest BCUT2D eigenvalue weighted by Gasteiger charge is -2.09. The summed E-state index contributed by atoms with van der Waals surface area (Å²) in [5, 5.41) is 0.685. The lowest BCUT2D eigenvalue weighted by molar-refractivity contribution is -0.136. The van der Waals surface area contributed by atoms with Crippen LogP contribution in [0.15, 0.2) is 36.4 Å². The molecule has 0 nitrogen and oxygen atoms in total. The molecule has 0 aliphatic heterocycles. The van der Waals surface area contributed by atoms with E-state index in [1.807, 2.05) is 0 Å². The summed E-state index contributed by atoms with van der Waals surface area (Å²) in [6.45, 7) is 0. The Balaban J connectivity index is 2.78. The highest BCUT2D eigenvalue weighted by molar-refractivity contribution is 5.85. The SMILES string of the molecule is FC(F)(F)c1cccc2ccc[c]c12. The molecule has 0 unspecified atom stereocenters. The Labute approximate surface area is 79.0 Å². The second-order valence-electron chi connectivity index (χ2n) is 2.94. The lowest BCUT2D eigenvalue weighted by Crippen LogP contribution is -2.05. The molecule has 2 rings (SSSR count). The normalized spacial score (nSPS) is 11.9. The van der Waals surface area contributed by atoms with Crippen LogP contribution in [0.25, 0.3) is 10.8 Å². The fourth-order valence-electron chi connectivity index (χ4n) is 1.39. The topological polar surface area (TPSA) is 0 Å². The first-order chi connectivity index (χ1) is 6.59. The minimum atomic E-state index is -4.31.